The van der Waals surface area contributed by atoms with Crippen LogP contribution in [0, 0.1) is 13.8 Å². The zero-order valence-corrected chi connectivity index (χ0v) is 18.5. The third kappa shape index (κ3) is 5.17. The van der Waals surface area contributed by atoms with E-state index < -0.39 is 0 Å². The van der Waals surface area contributed by atoms with Crippen molar-refractivity contribution in [2.24, 2.45) is 0 Å². The van der Waals surface area contributed by atoms with Crippen LogP contribution in [0.2, 0.25) is 0 Å². The first-order chi connectivity index (χ1) is 14.6. The Labute approximate surface area is 184 Å². The molecule has 5 nitrogen and oxygen atoms in total. The zero-order chi connectivity index (χ0) is 20.9. The smallest absolute Gasteiger partial charge is 0.255 e. The summed E-state index contributed by atoms with van der Waals surface area (Å²) in [5.41, 5.74) is 3.67. The lowest BCUT2D eigenvalue weighted by Gasteiger charge is -2.09. The number of carbonyl (C=O) groups excluding carboxylic acids is 1. The number of aryl methyl sites for hydroxylation is 2. The van der Waals surface area contributed by atoms with Gasteiger partial charge >= 0.3 is 0 Å². The molecule has 1 N–H and O–H groups in total. The summed E-state index contributed by atoms with van der Waals surface area (Å²) in [7, 11) is 0. The molecule has 0 aliphatic rings. The van der Waals surface area contributed by atoms with Crippen LogP contribution in [-0.4, -0.2) is 20.4 Å². The molecule has 4 rings (SSSR count). The van der Waals surface area contributed by atoms with Crippen LogP contribution in [0.25, 0.3) is 0 Å². The van der Waals surface area contributed by atoms with Crippen LogP contribution in [-0.2, 0) is 12.3 Å². The summed E-state index contributed by atoms with van der Waals surface area (Å²) in [5, 5.41) is 6.14. The molecule has 0 saturated heterocycles. The number of imidazole rings is 1. The molecule has 2 aromatic heterocycles. The van der Waals surface area contributed by atoms with Gasteiger partial charge in [-0.25, -0.2) is 9.97 Å². The van der Waals surface area contributed by atoms with Gasteiger partial charge in [-0.1, -0.05) is 12.1 Å². The van der Waals surface area contributed by atoms with Crippen LogP contribution in [0.3, 0.4) is 0 Å². The number of aromatic nitrogens is 3. The third-order valence-electron chi connectivity index (χ3n) is 4.66. The lowest BCUT2D eigenvalue weighted by molar-refractivity contribution is 0.102. The van der Waals surface area contributed by atoms with Crippen molar-refractivity contribution in [2.45, 2.75) is 31.0 Å². The second-order valence-electron chi connectivity index (χ2n) is 6.92. The van der Waals surface area contributed by atoms with Gasteiger partial charge in [0.1, 0.15) is 5.82 Å². The SMILES string of the molecule is Cc1nc(CSc2ccc(C(=O)Nc3ccc(Cn4ccnc4C)cc3)cc2)cs1. The Morgan fingerprint density at radius 3 is 2.50 bits per heavy atom. The lowest BCUT2D eigenvalue weighted by Crippen LogP contribution is -2.11. The van der Waals surface area contributed by atoms with E-state index in [1.54, 1.807) is 29.3 Å². The molecule has 152 valence electrons. The van der Waals surface area contributed by atoms with Crippen molar-refractivity contribution >= 4 is 34.7 Å². The molecule has 0 aliphatic carbocycles. The minimum atomic E-state index is -0.111. The van der Waals surface area contributed by atoms with Crippen molar-refractivity contribution in [3.05, 3.63) is 94.0 Å². The van der Waals surface area contributed by atoms with Crippen LogP contribution in [0.15, 0.2) is 71.2 Å². The molecular formula is C23H22N4OS2. The van der Waals surface area contributed by atoms with E-state index in [-0.39, 0.29) is 5.91 Å². The number of hydrogen-bond acceptors (Lipinski definition) is 5. The Morgan fingerprint density at radius 1 is 1.10 bits per heavy atom. The van der Waals surface area contributed by atoms with Crippen molar-refractivity contribution in [1.82, 2.24) is 14.5 Å². The summed E-state index contributed by atoms with van der Waals surface area (Å²) in [6.45, 7) is 4.76. The van der Waals surface area contributed by atoms with E-state index in [1.165, 1.54) is 0 Å². The predicted molar refractivity (Wildman–Crippen MR) is 123 cm³/mol. The highest BCUT2D eigenvalue weighted by Crippen LogP contribution is 2.24. The summed E-state index contributed by atoms with van der Waals surface area (Å²) in [5.74, 6) is 1.71. The normalized spacial score (nSPS) is 10.9. The summed E-state index contributed by atoms with van der Waals surface area (Å²) < 4.78 is 2.09. The van der Waals surface area contributed by atoms with E-state index in [4.69, 9.17) is 0 Å². The van der Waals surface area contributed by atoms with Crippen molar-refractivity contribution in [1.29, 1.82) is 0 Å². The van der Waals surface area contributed by atoms with Crippen molar-refractivity contribution in [3.63, 3.8) is 0 Å². The molecule has 0 fully saturated rings. The summed E-state index contributed by atoms with van der Waals surface area (Å²) in [4.78, 5) is 22.4. The maximum absolute atomic E-state index is 12.6. The van der Waals surface area contributed by atoms with Crippen molar-refractivity contribution in [2.75, 3.05) is 5.32 Å². The monoisotopic (exact) mass is 434 g/mol. The summed E-state index contributed by atoms with van der Waals surface area (Å²) in [6.07, 6.45) is 3.76. The van der Waals surface area contributed by atoms with Gasteiger partial charge < -0.3 is 9.88 Å². The highest BCUT2D eigenvalue weighted by molar-refractivity contribution is 7.98. The number of anilines is 1. The van der Waals surface area contributed by atoms with E-state index in [0.29, 0.717) is 5.56 Å². The van der Waals surface area contributed by atoms with Crippen molar-refractivity contribution in [3.8, 4) is 0 Å². The number of rotatable bonds is 7. The molecule has 30 heavy (non-hydrogen) atoms. The maximum atomic E-state index is 12.6. The molecule has 0 aliphatic heterocycles. The number of nitrogens with zero attached hydrogens (tertiary/aromatic N) is 3. The minimum Gasteiger partial charge on any atom is -0.331 e. The number of nitrogens with one attached hydrogen (secondary N) is 1. The highest BCUT2D eigenvalue weighted by Gasteiger charge is 2.07. The largest absolute Gasteiger partial charge is 0.331 e. The number of amides is 1. The van der Waals surface area contributed by atoms with Gasteiger partial charge in [0.25, 0.3) is 5.91 Å². The van der Waals surface area contributed by atoms with Gasteiger partial charge in [-0.05, 0) is 55.8 Å². The summed E-state index contributed by atoms with van der Waals surface area (Å²) >= 11 is 3.39. The van der Waals surface area contributed by atoms with Crippen LogP contribution in [0.5, 0.6) is 0 Å². The molecule has 2 heterocycles. The molecule has 0 unspecified atom stereocenters. The summed E-state index contributed by atoms with van der Waals surface area (Å²) in [6, 6.07) is 15.6. The van der Waals surface area contributed by atoms with Gasteiger partial charge in [-0.15, -0.1) is 23.1 Å². The Bertz CT molecular complexity index is 1130. The van der Waals surface area contributed by atoms with Gasteiger partial charge in [-0.2, -0.15) is 0 Å². The molecular weight excluding hydrogens is 412 g/mol. The van der Waals surface area contributed by atoms with Gasteiger partial charge in [0.15, 0.2) is 0 Å². The average Bonchev–Trinajstić information content (AvgIpc) is 3.36. The Balaban J connectivity index is 1.32. The standard InChI is InChI=1S/C23H22N4OS2/c1-16-24-11-12-27(16)13-18-3-7-20(8-4-18)26-23(28)19-5-9-22(10-6-19)30-15-21-14-29-17(2)25-21/h3-12,14H,13,15H2,1-2H3,(H,26,28). The first kappa shape index (κ1) is 20.4. The van der Waals surface area contributed by atoms with Gasteiger partial charge in [-0.3, -0.25) is 4.79 Å². The molecule has 0 radical (unpaired) electrons. The molecule has 0 bridgehead atoms. The van der Waals surface area contributed by atoms with Gasteiger partial charge in [0.05, 0.1) is 10.7 Å². The van der Waals surface area contributed by atoms with Crippen LogP contribution < -0.4 is 5.32 Å². The third-order valence-corrected chi connectivity index (χ3v) is 6.53. The fraction of sp³-hybridized carbons (Fsp3) is 0.174. The van der Waals surface area contributed by atoms with E-state index in [9.17, 15) is 4.79 Å². The average molecular weight is 435 g/mol. The van der Waals surface area contributed by atoms with Gasteiger partial charge in [0.2, 0.25) is 0 Å². The first-order valence-electron chi connectivity index (χ1n) is 9.59. The molecule has 4 aromatic rings. The molecule has 1 amide bonds. The molecule has 7 heteroatoms. The van der Waals surface area contributed by atoms with E-state index in [2.05, 4.69) is 25.2 Å². The number of thiazole rings is 1. The van der Waals surface area contributed by atoms with Crippen molar-refractivity contribution < 1.29 is 4.79 Å². The lowest BCUT2D eigenvalue weighted by atomic mass is 10.2. The number of thioether (sulfide) groups is 1. The minimum absolute atomic E-state index is 0.111. The quantitative estimate of drug-likeness (QED) is 0.388. The Kier molecular flexibility index (Phi) is 6.30. The molecule has 0 saturated carbocycles. The Hall–Kier alpha value is -2.90. The van der Waals surface area contributed by atoms with Crippen LogP contribution in [0.1, 0.15) is 32.4 Å². The van der Waals surface area contributed by atoms with Gasteiger partial charge in [0, 0.05) is 46.2 Å². The van der Waals surface area contributed by atoms with Crippen LogP contribution in [0.4, 0.5) is 5.69 Å². The first-order valence-corrected chi connectivity index (χ1v) is 11.5. The fourth-order valence-electron chi connectivity index (χ4n) is 3.00. The molecule has 2 aromatic carbocycles. The van der Waals surface area contributed by atoms with E-state index >= 15 is 0 Å². The van der Waals surface area contributed by atoms with E-state index in [0.717, 1.165) is 45.0 Å². The molecule has 0 atom stereocenters. The second-order valence-corrected chi connectivity index (χ2v) is 9.04. The molecule has 0 spiro atoms. The Morgan fingerprint density at radius 2 is 1.87 bits per heavy atom. The number of carbonyl (C=O) groups is 1. The maximum Gasteiger partial charge on any atom is 0.255 e. The topological polar surface area (TPSA) is 59.8 Å². The predicted octanol–water partition coefficient (Wildman–Crippen LogP) is 5.55. The zero-order valence-electron chi connectivity index (χ0n) is 16.8. The fourth-order valence-corrected chi connectivity index (χ4v) is 4.51. The number of benzene rings is 2. The van der Waals surface area contributed by atoms with Crippen LogP contribution >= 0.6 is 23.1 Å². The number of hydrogen-bond donors (Lipinski definition) is 1. The highest BCUT2D eigenvalue weighted by atomic mass is 32.2. The van der Waals surface area contributed by atoms with E-state index in [1.807, 2.05) is 68.6 Å². The second kappa shape index (κ2) is 9.28.